The topological polar surface area (TPSA) is 63.2 Å². The molecule has 1 aliphatic carbocycles. The molecule has 4 heteroatoms. The minimum Gasteiger partial charge on any atom is -0.299 e. The molecular formula is C11H13NO3. The van der Waals surface area contributed by atoms with Gasteiger partial charge in [-0.25, -0.2) is 0 Å². The van der Waals surface area contributed by atoms with Crippen LogP contribution in [0.25, 0.3) is 0 Å². The van der Waals surface area contributed by atoms with Crippen molar-refractivity contribution in [2.75, 3.05) is 0 Å². The van der Waals surface area contributed by atoms with E-state index in [1.807, 2.05) is 12.2 Å². The maximum Gasteiger partial charge on any atom is 0.230 e. The van der Waals surface area contributed by atoms with Gasteiger partial charge in [-0.3, -0.25) is 19.7 Å². The SMILES string of the molecule is O=C1CCC(C2CC=CCC2=O)C(=O)N1. The van der Waals surface area contributed by atoms with Gasteiger partial charge >= 0.3 is 0 Å². The molecule has 0 bridgehead atoms. The minimum atomic E-state index is -0.305. The van der Waals surface area contributed by atoms with Gasteiger partial charge in [0.2, 0.25) is 11.8 Å². The van der Waals surface area contributed by atoms with Crippen LogP contribution in [-0.2, 0) is 14.4 Å². The second-order valence-electron chi connectivity index (χ2n) is 4.04. The van der Waals surface area contributed by atoms with Crippen molar-refractivity contribution in [1.82, 2.24) is 5.32 Å². The lowest BCUT2D eigenvalue weighted by Crippen LogP contribution is -2.45. The second-order valence-corrected chi connectivity index (χ2v) is 4.04. The Labute approximate surface area is 87.7 Å². The fraction of sp³-hybridized carbons (Fsp3) is 0.545. The molecule has 1 fully saturated rings. The number of ketones is 1. The summed E-state index contributed by atoms with van der Waals surface area (Å²) in [6.07, 6.45) is 5.69. The third kappa shape index (κ3) is 1.98. The largest absolute Gasteiger partial charge is 0.299 e. The number of Topliss-reactive ketones (excluding diaryl/α,β-unsaturated/α-hetero) is 1. The number of hydrogen-bond donors (Lipinski definition) is 1. The van der Waals surface area contributed by atoms with E-state index in [-0.39, 0.29) is 29.4 Å². The van der Waals surface area contributed by atoms with Gasteiger partial charge in [-0.2, -0.15) is 0 Å². The molecule has 0 saturated carbocycles. The third-order valence-corrected chi connectivity index (χ3v) is 3.06. The van der Waals surface area contributed by atoms with E-state index in [1.165, 1.54) is 0 Å². The number of amides is 2. The van der Waals surface area contributed by atoms with Gasteiger partial charge in [-0.05, 0) is 12.8 Å². The zero-order chi connectivity index (χ0) is 10.8. The highest BCUT2D eigenvalue weighted by Crippen LogP contribution is 2.28. The lowest BCUT2D eigenvalue weighted by molar-refractivity contribution is -0.141. The Kier molecular flexibility index (Phi) is 2.66. The van der Waals surface area contributed by atoms with Gasteiger partial charge in [0.25, 0.3) is 0 Å². The molecule has 2 rings (SSSR count). The molecular weight excluding hydrogens is 194 g/mol. The number of piperidine rings is 1. The van der Waals surface area contributed by atoms with Crippen molar-refractivity contribution in [3.63, 3.8) is 0 Å². The van der Waals surface area contributed by atoms with Crippen molar-refractivity contribution in [1.29, 1.82) is 0 Å². The van der Waals surface area contributed by atoms with Crippen LogP contribution in [0.2, 0.25) is 0 Å². The van der Waals surface area contributed by atoms with Crippen LogP contribution < -0.4 is 5.32 Å². The van der Waals surface area contributed by atoms with Crippen molar-refractivity contribution in [2.24, 2.45) is 11.8 Å². The highest BCUT2D eigenvalue weighted by Gasteiger charge is 2.36. The predicted molar refractivity (Wildman–Crippen MR) is 52.7 cm³/mol. The number of allylic oxidation sites excluding steroid dienone is 2. The average molecular weight is 207 g/mol. The van der Waals surface area contributed by atoms with Crippen LogP contribution in [-0.4, -0.2) is 17.6 Å². The van der Waals surface area contributed by atoms with Crippen LogP contribution in [0.15, 0.2) is 12.2 Å². The summed E-state index contributed by atoms with van der Waals surface area (Å²) in [4.78, 5) is 34.1. The van der Waals surface area contributed by atoms with Crippen LogP contribution in [0.1, 0.15) is 25.7 Å². The van der Waals surface area contributed by atoms with Gasteiger partial charge < -0.3 is 0 Å². The van der Waals surface area contributed by atoms with Crippen molar-refractivity contribution in [3.8, 4) is 0 Å². The highest BCUT2D eigenvalue weighted by atomic mass is 16.2. The molecule has 2 unspecified atom stereocenters. The molecule has 2 amide bonds. The third-order valence-electron chi connectivity index (χ3n) is 3.06. The molecule has 0 radical (unpaired) electrons. The van der Waals surface area contributed by atoms with Crippen LogP contribution in [0.5, 0.6) is 0 Å². The first-order chi connectivity index (χ1) is 7.18. The fourth-order valence-electron chi connectivity index (χ4n) is 2.21. The lowest BCUT2D eigenvalue weighted by Gasteiger charge is -2.28. The van der Waals surface area contributed by atoms with E-state index >= 15 is 0 Å². The van der Waals surface area contributed by atoms with E-state index in [0.717, 1.165) is 0 Å². The first-order valence-corrected chi connectivity index (χ1v) is 5.20. The van der Waals surface area contributed by atoms with Gasteiger partial charge in [0.1, 0.15) is 5.78 Å². The van der Waals surface area contributed by atoms with Crippen LogP contribution >= 0.6 is 0 Å². The van der Waals surface area contributed by atoms with Crippen molar-refractivity contribution in [3.05, 3.63) is 12.2 Å². The molecule has 0 spiro atoms. The first-order valence-electron chi connectivity index (χ1n) is 5.20. The summed E-state index contributed by atoms with van der Waals surface area (Å²) in [5, 5.41) is 2.29. The number of rotatable bonds is 1. The van der Waals surface area contributed by atoms with E-state index in [9.17, 15) is 14.4 Å². The van der Waals surface area contributed by atoms with Crippen molar-refractivity contribution in [2.45, 2.75) is 25.7 Å². The van der Waals surface area contributed by atoms with E-state index < -0.39 is 0 Å². The standard InChI is InChI=1S/C11H13NO3/c13-9-4-2-1-3-7(9)8-5-6-10(14)12-11(8)15/h1-2,7-8H,3-6H2,(H,12,14,15). The summed E-state index contributed by atoms with van der Waals surface area (Å²) in [6.45, 7) is 0. The lowest BCUT2D eigenvalue weighted by atomic mass is 9.78. The summed E-state index contributed by atoms with van der Waals surface area (Å²) in [5.74, 6) is -0.912. The Bertz CT molecular complexity index is 346. The van der Waals surface area contributed by atoms with Gasteiger partial charge in [-0.1, -0.05) is 12.2 Å². The molecule has 0 aromatic carbocycles. The molecule has 1 saturated heterocycles. The second kappa shape index (κ2) is 3.96. The summed E-state index contributed by atoms with van der Waals surface area (Å²) >= 11 is 0. The summed E-state index contributed by atoms with van der Waals surface area (Å²) in [7, 11) is 0. The quantitative estimate of drug-likeness (QED) is 0.505. The molecule has 80 valence electrons. The Morgan fingerprint density at radius 3 is 2.60 bits per heavy atom. The van der Waals surface area contributed by atoms with E-state index in [1.54, 1.807) is 0 Å². The Hall–Kier alpha value is -1.45. The maximum atomic E-state index is 11.6. The molecule has 2 aliphatic rings. The molecule has 1 aliphatic heterocycles. The molecule has 1 heterocycles. The monoisotopic (exact) mass is 207 g/mol. The molecule has 2 atom stereocenters. The summed E-state index contributed by atoms with van der Waals surface area (Å²) in [5.41, 5.74) is 0. The number of hydrogen-bond acceptors (Lipinski definition) is 3. The van der Waals surface area contributed by atoms with Gasteiger partial charge in [0.05, 0.1) is 0 Å². The van der Waals surface area contributed by atoms with Gasteiger partial charge in [0, 0.05) is 24.7 Å². The van der Waals surface area contributed by atoms with Crippen LogP contribution in [0.3, 0.4) is 0 Å². The minimum absolute atomic E-state index is 0.118. The Morgan fingerprint density at radius 1 is 1.13 bits per heavy atom. The van der Waals surface area contributed by atoms with Crippen LogP contribution in [0.4, 0.5) is 0 Å². The average Bonchev–Trinajstić information content (AvgIpc) is 2.20. The van der Waals surface area contributed by atoms with E-state index in [2.05, 4.69) is 5.32 Å². The highest BCUT2D eigenvalue weighted by molar-refractivity contribution is 6.01. The number of nitrogens with one attached hydrogen (secondary N) is 1. The summed E-state index contributed by atoms with van der Waals surface area (Å²) < 4.78 is 0. The molecule has 4 nitrogen and oxygen atoms in total. The molecule has 0 aromatic heterocycles. The smallest absolute Gasteiger partial charge is 0.230 e. The maximum absolute atomic E-state index is 11.6. The van der Waals surface area contributed by atoms with Crippen LogP contribution in [0, 0.1) is 11.8 Å². The molecule has 0 aromatic rings. The molecule has 15 heavy (non-hydrogen) atoms. The summed E-state index contributed by atoms with van der Waals surface area (Å²) in [6, 6.07) is 0. The van der Waals surface area contributed by atoms with Crippen molar-refractivity contribution >= 4 is 17.6 Å². The van der Waals surface area contributed by atoms with Gasteiger partial charge in [0.15, 0.2) is 0 Å². The van der Waals surface area contributed by atoms with E-state index in [0.29, 0.717) is 25.7 Å². The van der Waals surface area contributed by atoms with E-state index in [4.69, 9.17) is 0 Å². The first kappa shape index (κ1) is 10.1. The fourth-order valence-corrected chi connectivity index (χ4v) is 2.21. The predicted octanol–water partition coefficient (Wildman–Crippen LogP) is 0.575. The van der Waals surface area contributed by atoms with Gasteiger partial charge in [-0.15, -0.1) is 0 Å². The van der Waals surface area contributed by atoms with Crippen molar-refractivity contribution < 1.29 is 14.4 Å². The normalized spacial score (nSPS) is 31.6. The molecule has 1 N–H and O–H groups in total. The number of imide groups is 1. The Morgan fingerprint density at radius 2 is 1.93 bits per heavy atom. The Balaban J connectivity index is 2.10. The zero-order valence-corrected chi connectivity index (χ0v) is 8.36. The zero-order valence-electron chi connectivity index (χ0n) is 8.36. The number of carbonyl (C=O) groups is 3. The number of carbonyl (C=O) groups excluding carboxylic acids is 3.